The van der Waals surface area contributed by atoms with E-state index in [9.17, 15) is 18.0 Å². The number of amides is 2. The Labute approximate surface area is 230 Å². The third-order valence-electron chi connectivity index (χ3n) is 6.46. The number of carbonyl (C=O) groups is 2. The van der Waals surface area contributed by atoms with Crippen LogP contribution in [0.25, 0.3) is 0 Å². The lowest BCUT2D eigenvalue weighted by Crippen LogP contribution is -2.52. The molecule has 0 radical (unpaired) electrons. The third kappa shape index (κ3) is 7.14. The number of likely N-dealkylation sites (N-methyl/N-ethyl adjacent to an activating group) is 1. The van der Waals surface area contributed by atoms with Crippen LogP contribution in [0, 0.1) is 13.8 Å². The number of halogens is 1. The van der Waals surface area contributed by atoms with Gasteiger partial charge >= 0.3 is 0 Å². The third-order valence-corrected chi connectivity index (χ3v) is 8.50. The first kappa shape index (κ1) is 29.2. The van der Waals surface area contributed by atoms with Crippen molar-refractivity contribution in [3.8, 4) is 0 Å². The van der Waals surface area contributed by atoms with Crippen LogP contribution in [0.1, 0.15) is 30.5 Å². The number of carbonyl (C=O) groups excluding carboxylic acids is 2. The van der Waals surface area contributed by atoms with Gasteiger partial charge in [-0.3, -0.25) is 13.9 Å². The molecule has 9 heteroatoms. The van der Waals surface area contributed by atoms with Crippen molar-refractivity contribution in [2.75, 3.05) is 23.9 Å². The number of hydrogen-bond acceptors (Lipinski definition) is 4. The van der Waals surface area contributed by atoms with E-state index in [4.69, 9.17) is 11.6 Å². The van der Waals surface area contributed by atoms with Gasteiger partial charge in [0.25, 0.3) is 10.0 Å². The fourth-order valence-corrected chi connectivity index (χ4v) is 5.57. The minimum atomic E-state index is -4.13. The van der Waals surface area contributed by atoms with Crippen LogP contribution in [0.2, 0.25) is 5.02 Å². The average molecular weight is 556 g/mol. The molecule has 1 atom stereocenters. The van der Waals surface area contributed by atoms with E-state index in [1.165, 1.54) is 29.2 Å². The first-order chi connectivity index (χ1) is 18.0. The predicted octanol–water partition coefficient (Wildman–Crippen LogP) is 4.75. The fraction of sp³-hybridized carbons (Fsp3) is 0.310. The molecule has 3 aromatic rings. The lowest BCUT2D eigenvalue weighted by Gasteiger charge is -2.32. The van der Waals surface area contributed by atoms with Gasteiger partial charge in [-0.15, -0.1) is 0 Å². The monoisotopic (exact) mass is 555 g/mol. The highest BCUT2D eigenvalue weighted by atomic mass is 35.5. The van der Waals surface area contributed by atoms with Crippen LogP contribution in [0.4, 0.5) is 5.69 Å². The quantitative estimate of drug-likeness (QED) is 0.370. The molecule has 0 aliphatic heterocycles. The average Bonchev–Trinajstić information content (AvgIpc) is 2.90. The summed E-state index contributed by atoms with van der Waals surface area (Å²) in [6.45, 7) is 7.49. The second-order valence-corrected chi connectivity index (χ2v) is 11.4. The number of benzene rings is 3. The summed E-state index contributed by atoms with van der Waals surface area (Å²) < 4.78 is 28.7. The molecule has 38 heavy (non-hydrogen) atoms. The van der Waals surface area contributed by atoms with Crippen molar-refractivity contribution in [1.82, 2.24) is 10.2 Å². The summed E-state index contributed by atoms with van der Waals surface area (Å²) in [5, 5.41) is 3.17. The van der Waals surface area contributed by atoms with Gasteiger partial charge in [-0.25, -0.2) is 8.42 Å². The Morgan fingerprint density at radius 3 is 2.21 bits per heavy atom. The molecule has 0 aliphatic rings. The van der Waals surface area contributed by atoms with E-state index in [2.05, 4.69) is 5.32 Å². The minimum Gasteiger partial charge on any atom is -0.355 e. The number of anilines is 1. The van der Waals surface area contributed by atoms with Gasteiger partial charge in [0.2, 0.25) is 11.8 Å². The largest absolute Gasteiger partial charge is 0.355 e. The van der Waals surface area contributed by atoms with E-state index in [1.54, 1.807) is 26.0 Å². The molecular formula is C29H34ClN3O4S. The van der Waals surface area contributed by atoms with E-state index in [0.717, 1.165) is 21.0 Å². The van der Waals surface area contributed by atoms with Crippen molar-refractivity contribution in [2.45, 2.75) is 45.1 Å². The maximum absolute atomic E-state index is 13.8. The van der Waals surface area contributed by atoms with Gasteiger partial charge in [-0.1, -0.05) is 48.0 Å². The van der Waals surface area contributed by atoms with Crippen LogP contribution in [0.3, 0.4) is 0 Å². The number of nitrogens with zero attached hydrogens (tertiary/aromatic N) is 2. The zero-order chi connectivity index (χ0) is 27.9. The Hall–Kier alpha value is -3.36. The van der Waals surface area contributed by atoms with Gasteiger partial charge in [0.15, 0.2) is 0 Å². The molecule has 202 valence electrons. The standard InChI is InChI=1S/C29H34ClN3O4S/c1-5-31-29(35)23(4)32(18-17-24-9-7-6-8-10-24)28(34)20-33(26-14-11-21(2)22(3)19-26)38(36,37)27-15-12-25(30)13-16-27/h6-16,19,23H,5,17-18,20H2,1-4H3,(H,31,35)/t23-/m1/s1. The first-order valence-corrected chi connectivity index (χ1v) is 14.3. The number of rotatable bonds is 11. The fourth-order valence-electron chi connectivity index (χ4n) is 4.04. The lowest BCUT2D eigenvalue weighted by atomic mass is 10.1. The Bertz CT molecular complexity index is 1360. The molecule has 0 fully saturated rings. The molecule has 0 aliphatic carbocycles. The summed E-state index contributed by atoms with van der Waals surface area (Å²) in [4.78, 5) is 28.0. The van der Waals surface area contributed by atoms with Crippen molar-refractivity contribution in [3.05, 3.63) is 94.5 Å². The number of sulfonamides is 1. The van der Waals surface area contributed by atoms with Crippen molar-refractivity contribution >= 4 is 39.1 Å². The predicted molar refractivity (Wildman–Crippen MR) is 152 cm³/mol. The molecule has 0 bridgehead atoms. The van der Waals surface area contributed by atoms with Gasteiger partial charge in [0.05, 0.1) is 10.6 Å². The molecule has 0 saturated heterocycles. The van der Waals surface area contributed by atoms with Crippen molar-refractivity contribution in [2.24, 2.45) is 0 Å². The topological polar surface area (TPSA) is 86.8 Å². The number of aryl methyl sites for hydroxylation is 2. The van der Waals surface area contributed by atoms with E-state index in [0.29, 0.717) is 23.7 Å². The normalized spacial score (nSPS) is 12.0. The Kier molecular flexibility index (Phi) is 9.94. The van der Waals surface area contributed by atoms with Crippen LogP contribution in [0.15, 0.2) is 77.7 Å². The van der Waals surface area contributed by atoms with Crippen LogP contribution < -0.4 is 9.62 Å². The summed E-state index contributed by atoms with van der Waals surface area (Å²) in [6, 6.07) is 19.9. The summed E-state index contributed by atoms with van der Waals surface area (Å²) in [6.07, 6.45) is 0.518. The molecule has 3 rings (SSSR count). The zero-order valence-electron chi connectivity index (χ0n) is 22.1. The van der Waals surface area contributed by atoms with Crippen LogP contribution in [0.5, 0.6) is 0 Å². The summed E-state index contributed by atoms with van der Waals surface area (Å²) in [5.41, 5.74) is 3.26. The minimum absolute atomic E-state index is 0.0144. The molecule has 0 spiro atoms. The van der Waals surface area contributed by atoms with Gasteiger partial charge < -0.3 is 10.2 Å². The molecule has 0 saturated carbocycles. The van der Waals surface area contributed by atoms with E-state index < -0.39 is 28.5 Å². The summed E-state index contributed by atoms with van der Waals surface area (Å²) >= 11 is 5.99. The van der Waals surface area contributed by atoms with Crippen molar-refractivity contribution in [1.29, 1.82) is 0 Å². The van der Waals surface area contributed by atoms with Crippen LogP contribution in [-0.2, 0) is 26.0 Å². The maximum Gasteiger partial charge on any atom is 0.264 e. The van der Waals surface area contributed by atoms with Crippen molar-refractivity contribution < 1.29 is 18.0 Å². The molecule has 0 heterocycles. The summed E-state index contributed by atoms with van der Waals surface area (Å²) in [5.74, 6) is -0.775. The van der Waals surface area contributed by atoms with Gasteiger partial charge in [-0.2, -0.15) is 0 Å². The van der Waals surface area contributed by atoms with E-state index in [1.807, 2.05) is 50.2 Å². The highest BCUT2D eigenvalue weighted by Crippen LogP contribution is 2.27. The number of hydrogen-bond donors (Lipinski definition) is 1. The maximum atomic E-state index is 13.8. The molecule has 3 aromatic carbocycles. The Balaban J connectivity index is 2.00. The Morgan fingerprint density at radius 1 is 0.947 bits per heavy atom. The molecule has 1 N–H and O–H groups in total. The molecule has 7 nitrogen and oxygen atoms in total. The molecule has 2 amide bonds. The zero-order valence-corrected chi connectivity index (χ0v) is 23.7. The second kappa shape index (κ2) is 12.9. The molecule has 0 aromatic heterocycles. The van der Waals surface area contributed by atoms with Gasteiger partial charge in [0.1, 0.15) is 12.6 Å². The van der Waals surface area contributed by atoms with E-state index >= 15 is 0 Å². The second-order valence-electron chi connectivity index (χ2n) is 9.13. The number of nitrogens with one attached hydrogen (secondary N) is 1. The highest BCUT2D eigenvalue weighted by Gasteiger charge is 2.32. The lowest BCUT2D eigenvalue weighted by molar-refractivity contribution is -0.138. The SMILES string of the molecule is CCNC(=O)[C@@H](C)N(CCc1ccccc1)C(=O)CN(c1ccc(C)c(C)c1)S(=O)(=O)c1ccc(Cl)cc1. The molecule has 0 unspecified atom stereocenters. The highest BCUT2D eigenvalue weighted by molar-refractivity contribution is 7.92. The smallest absolute Gasteiger partial charge is 0.264 e. The van der Waals surface area contributed by atoms with Crippen molar-refractivity contribution in [3.63, 3.8) is 0 Å². The molecular weight excluding hydrogens is 522 g/mol. The van der Waals surface area contributed by atoms with Crippen LogP contribution in [-0.4, -0.2) is 50.8 Å². The van der Waals surface area contributed by atoms with Gasteiger partial charge in [-0.05, 0) is 87.2 Å². The van der Waals surface area contributed by atoms with Gasteiger partial charge in [0, 0.05) is 18.1 Å². The summed E-state index contributed by atoms with van der Waals surface area (Å²) in [7, 11) is -4.13. The first-order valence-electron chi connectivity index (χ1n) is 12.5. The van der Waals surface area contributed by atoms with E-state index in [-0.39, 0.29) is 17.3 Å². The Morgan fingerprint density at radius 2 is 1.61 bits per heavy atom. The van der Waals surface area contributed by atoms with Crippen LogP contribution >= 0.6 is 11.6 Å².